The Morgan fingerprint density at radius 2 is 1.62 bits per heavy atom. The fraction of sp³-hybridized carbons (Fsp3) is 0.360. The molecule has 182 valence electrons. The SMILES string of the molecule is COc1cc(C2/C(=C(/O)c3ccc(F)cc3)C(=O)C(=O)N2CCCN(C)C)cc(OC)c1OC. The number of ketones is 1. The summed E-state index contributed by atoms with van der Waals surface area (Å²) < 4.78 is 29.7. The molecule has 1 N–H and O–H groups in total. The number of benzene rings is 2. The molecular formula is C25H29FN2O6. The molecule has 0 radical (unpaired) electrons. The summed E-state index contributed by atoms with van der Waals surface area (Å²) in [7, 11) is 8.24. The second-order valence-corrected chi connectivity index (χ2v) is 8.11. The standard InChI is InChI=1S/C25H29FN2O6/c1-27(2)11-6-12-28-21(16-13-18(32-3)24(34-5)19(14-16)33-4)20(23(30)25(28)31)22(29)15-7-9-17(26)10-8-15/h7-10,13-14,21,29H,6,11-12H2,1-5H3/b22-20-. The lowest BCUT2D eigenvalue weighted by Gasteiger charge is -2.27. The van der Waals surface area contributed by atoms with Gasteiger partial charge in [0.25, 0.3) is 11.7 Å². The molecule has 1 fully saturated rings. The van der Waals surface area contributed by atoms with Crippen molar-refractivity contribution in [3.63, 3.8) is 0 Å². The lowest BCUT2D eigenvalue weighted by atomic mass is 9.94. The number of ether oxygens (including phenoxy) is 3. The van der Waals surface area contributed by atoms with Crippen molar-refractivity contribution in [1.29, 1.82) is 0 Å². The first-order chi connectivity index (χ1) is 16.2. The van der Waals surface area contributed by atoms with Gasteiger partial charge in [0, 0.05) is 12.1 Å². The lowest BCUT2D eigenvalue weighted by molar-refractivity contribution is -0.139. The van der Waals surface area contributed by atoms with E-state index in [1.807, 2.05) is 19.0 Å². The van der Waals surface area contributed by atoms with Crippen LogP contribution in [0, 0.1) is 5.82 Å². The molecule has 0 saturated carbocycles. The van der Waals surface area contributed by atoms with Crippen molar-refractivity contribution in [1.82, 2.24) is 9.80 Å². The lowest BCUT2D eigenvalue weighted by Crippen LogP contribution is -2.32. The third kappa shape index (κ3) is 4.84. The molecule has 0 bridgehead atoms. The van der Waals surface area contributed by atoms with Gasteiger partial charge in [0.2, 0.25) is 5.75 Å². The molecule has 2 aromatic rings. The van der Waals surface area contributed by atoms with Crippen LogP contribution < -0.4 is 14.2 Å². The van der Waals surface area contributed by atoms with Gasteiger partial charge in [-0.3, -0.25) is 9.59 Å². The van der Waals surface area contributed by atoms with E-state index in [0.29, 0.717) is 35.8 Å². The van der Waals surface area contributed by atoms with E-state index >= 15 is 0 Å². The zero-order valence-corrected chi connectivity index (χ0v) is 19.9. The van der Waals surface area contributed by atoms with Gasteiger partial charge in [0.15, 0.2) is 11.5 Å². The van der Waals surface area contributed by atoms with E-state index in [2.05, 4.69) is 0 Å². The second kappa shape index (κ2) is 10.6. The number of methoxy groups -OCH3 is 3. The minimum absolute atomic E-state index is 0.0873. The van der Waals surface area contributed by atoms with Crippen LogP contribution >= 0.6 is 0 Å². The Balaban J connectivity index is 2.21. The minimum atomic E-state index is -0.902. The molecule has 0 spiro atoms. The largest absolute Gasteiger partial charge is 0.507 e. The number of likely N-dealkylation sites (tertiary alicyclic amines) is 1. The molecule has 34 heavy (non-hydrogen) atoms. The van der Waals surface area contributed by atoms with Gasteiger partial charge in [-0.05, 0) is 69.0 Å². The van der Waals surface area contributed by atoms with Gasteiger partial charge in [0.1, 0.15) is 11.6 Å². The van der Waals surface area contributed by atoms with E-state index in [9.17, 15) is 19.1 Å². The minimum Gasteiger partial charge on any atom is -0.507 e. The zero-order chi connectivity index (χ0) is 25.0. The molecule has 9 heteroatoms. The summed E-state index contributed by atoms with van der Waals surface area (Å²) in [5.74, 6) is -1.35. The Hall–Kier alpha value is -3.59. The van der Waals surface area contributed by atoms with Gasteiger partial charge in [-0.1, -0.05) is 0 Å². The normalized spacial score (nSPS) is 17.4. The van der Waals surface area contributed by atoms with Crippen LogP contribution in [0.15, 0.2) is 42.0 Å². The van der Waals surface area contributed by atoms with E-state index in [1.165, 1.54) is 50.5 Å². The third-order valence-electron chi connectivity index (χ3n) is 5.66. The Labute approximate surface area is 198 Å². The van der Waals surface area contributed by atoms with E-state index in [-0.39, 0.29) is 23.4 Å². The van der Waals surface area contributed by atoms with Crippen LogP contribution in [0.3, 0.4) is 0 Å². The molecular weight excluding hydrogens is 443 g/mol. The predicted molar refractivity (Wildman–Crippen MR) is 125 cm³/mol. The summed E-state index contributed by atoms with van der Waals surface area (Å²) in [6.45, 7) is 0.979. The average molecular weight is 473 g/mol. The molecule has 1 amide bonds. The third-order valence-corrected chi connectivity index (χ3v) is 5.66. The van der Waals surface area contributed by atoms with Crippen LogP contribution in [0.25, 0.3) is 5.76 Å². The van der Waals surface area contributed by atoms with Crippen LogP contribution in [0.1, 0.15) is 23.6 Å². The Bertz CT molecular complexity index is 1070. The van der Waals surface area contributed by atoms with E-state index in [1.54, 1.807) is 12.1 Å². The molecule has 1 atom stereocenters. The van der Waals surface area contributed by atoms with E-state index in [0.717, 1.165) is 0 Å². The highest BCUT2D eigenvalue weighted by atomic mass is 19.1. The second-order valence-electron chi connectivity index (χ2n) is 8.11. The maximum Gasteiger partial charge on any atom is 0.295 e. The molecule has 2 aromatic carbocycles. The summed E-state index contributed by atoms with van der Waals surface area (Å²) in [6, 6.07) is 7.46. The Morgan fingerprint density at radius 3 is 2.12 bits per heavy atom. The Morgan fingerprint density at radius 1 is 1.03 bits per heavy atom. The van der Waals surface area contributed by atoms with E-state index < -0.39 is 23.5 Å². The quantitative estimate of drug-likeness (QED) is 0.341. The van der Waals surface area contributed by atoms with Crippen LogP contribution in [0.4, 0.5) is 4.39 Å². The first-order valence-corrected chi connectivity index (χ1v) is 10.7. The summed E-state index contributed by atoms with van der Waals surface area (Å²) in [5, 5.41) is 11.1. The smallest absolute Gasteiger partial charge is 0.295 e. The number of carbonyl (C=O) groups is 2. The number of rotatable bonds is 9. The molecule has 1 saturated heterocycles. The topological polar surface area (TPSA) is 88.5 Å². The summed E-state index contributed by atoms with van der Waals surface area (Å²) in [6.07, 6.45) is 0.609. The van der Waals surface area contributed by atoms with Crippen molar-refractivity contribution in [3.8, 4) is 17.2 Å². The maximum absolute atomic E-state index is 13.4. The fourth-order valence-electron chi connectivity index (χ4n) is 4.04. The van der Waals surface area contributed by atoms with Gasteiger partial charge in [-0.2, -0.15) is 0 Å². The molecule has 1 aliphatic heterocycles. The molecule has 1 heterocycles. The van der Waals surface area contributed by atoms with Crippen LogP contribution in [0.5, 0.6) is 17.2 Å². The van der Waals surface area contributed by atoms with Crippen molar-refractivity contribution in [2.75, 3.05) is 48.5 Å². The first-order valence-electron chi connectivity index (χ1n) is 10.7. The number of aliphatic hydroxyl groups is 1. The van der Waals surface area contributed by atoms with Crippen molar-refractivity contribution >= 4 is 17.4 Å². The fourth-order valence-corrected chi connectivity index (χ4v) is 4.04. The zero-order valence-electron chi connectivity index (χ0n) is 19.9. The van der Waals surface area contributed by atoms with Crippen molar-refractivity contribution in [2.24, 2.45) is 0 Å². The molecule has 3 rings (SSSR count). The van der Waals surface area contributed by atoms with Crippen LogP contribution in [-0.2, 0) is 9.59 Å². The highest BCUT2D eigenvalue weighted by Crippen LogP contribution is 2.45. The van der Waals surface area contributed by atoms with Crippen molar-refractivity contribution < 1.29 is 33.3 Å². The predicted octanol–water partition coefficient (Wildman–Crippen LogP) is 3.22. The summed E-state index contributed by atoms with van der Waals surface area (Å²) in [4.78, 5) is 29.6. The summed E-state index contributed by atoms with van der Waals surface area (Å²) in [5.41, 5.74) is 0.642. The highest BCUT2D eigenvalue weighted by molar-refractivity contribution is 6.46. The van der Waals surface area contributed by atoms with E-state index in [4.69, 9.17) is 14.2 Å². The van der Waals surface area contributed by atoms with Gasteiger partial charge in [-0.15, -0.1) is 0 Å². The highest BCUT2D eigenvalue weighted by Gasteiger charge is 2.46. The van der Waals surface area contributed by atoms with Gasteiger partial charge < -0.3 is 29.1 Å². The number of carbonyl (C=O) groups excluding carboxylic acids is 2. The Kier molecular flexibility index (Phi) is 7.78. The van der Waals surface area contributed by atoms with Crippen molar-refractivity contribution in [3.05, 3.63) is 58.9 Å². The molecule has 0 aliphatic carbocycles. The van der Waals surface area contributed by atoms with Gasteiger partial charge in [-0.25, -0.2) is 4.39 Å². The van der Waals surface area contributed by atoms with Gasteiger partial charge in [0.05, 0.1) is 32.9 Å². The van der Waals surface area contributed by atoms with Crippen LogP contribution in [-0.4, -0.2) is 75.1 Å². The molecule has 1 aliphatic rings. The molecule has 8 nitrogen and oxygen atoms in total. The summed E-state index contributed by atoms with van der Waals surface area (Å²) >= 11 is 0. The van der Waals surface area contributed by atoms with Crippen molar-refractivity contribution in [2.45, 2.75) is 12.5 Å². The molecule has 1 unspecified atom stereocenters. The maximum atomic E-state index is 13.4. The van der Waals surface area contributed by atoms with Gasteiger partial charge >= 0.3 is 0 Å². The monoisotopic (exact) mass is 472 g/mol. The first kappa shape index (κ1) is 25.0. The molecule has 0 aromatic heterocycles. The number of aliphatic hydroxyl groups excluding tert-OH is 1. The number of hydrogen-bond acceptors (Lipinski definition) is 7. The number of Topliss-reactive ketones (excluding diaryl/α,β-unsaturated/α-hetero) is 1. The van der Waals surface area contributed by atoms with Crippen LogP contribution in [0.2, 0.25) is 0 Å². The number of halogens is 1. The number of amides is 1. The number of nitrogens with zero attached hydrogens (tertiary/aromatic N) is 2. The number of hydrogen-bond donors (Lipinski definition) is 1. The average Bonchev–Trinajstić information content (AvgIpc) is 3.07.